The second kappa shape index (κ2) is 3.60. The quantitative estimate of drug-likeness (QED) is 0.765. The van der Waals surface area contributed by atoms with Crippen LogP contribution in [-0.2, 0) is 6.42 Å². The molecule has 1 aromatic heterocycles. The van der Waals surface area contributed by atoms with Crippen molar-refractivity contribution < 1.29 is 0 Å². The van der Waals surface area contributed by atoms with E-state index in [1.54, 1.807) is 0 Å². The van der Waals surface area contributed by atoms with Gasteiger partial charge in [0.05, 0.1) is 18.0 Å². The summed E-state index contributed by atoms with van der Waals surface area (Å²) in [6, 6.07) is 11.4. The molecule has 3 nitrogen and oxygen atoms in total. The van der Waals surface area contributed by atoms with Gasteiger partial charge < -0.3 is 4.98 Å². The number of aromatic amines is 1. The average molecular weight is 237 g/mol. The summed E-state index contributed by atoms with van der Waals surface area (Å²) in [6.07, 6.45) is 2.09. The molecule has 1 saturated heterocycles. The summed E-state index contributed by atoms with van der Waals surface area (Å²) < 4.78 is 0. The van der Waals surface area contributed by atoms with Gasteiger partial charge in [0.1, 0.15) is 0 Å². The Morgan fingerprint density at radius 3 is 3.11 bits per heavy atom. The van der Waals surface area contributed by atoms with Crippen LogP contribution in [0.15, 0.2) is 24.3 Å². The summed E-state index contributed by atoms with van der Waals surface area (Å²) in [6.45, 7) is 2.04. The number of hydrogen-bond acceptors (Lipinski definition) is 2. The van der Waals surface area contributed by atoms with Crippen molar-refractivity contribution in [2.75, 3.05) is 13.1 Å². The molecule has 1 N–H and O–H groups in total. The molecule has 3 heteroatoms. The molecule has 2 aliphatic rings. The van der Waals surface area contributed by atoms with Crippen LogP contribution in [0.3, 0.4) is 0 Å². The first-order valence-electron chi connectivity index (χ1n) is 6.60. The summed E-state index contributed by atoms with van der Waals surface area (Å²) in [4.78, 5) is 6.04. The molecule has 3 heterocycles. The molecule has 1 aromatic carbocycles. The molecule has 2 atom stereocenters. The monoisotopic (exact) mass is 237 g/mol. The third-order valence-corrected chi connectivity index (χ3v) is 4.41. The van der Waals surface area contributed by atoms with Gasteiger partial charge in [-0.2, -0.15) is 5.26 Å². The lowest BCUT2D eigenvalue weighted by Crippen LogP contribution is -2.31. The van der Waals surface area contributed by atoms with E-state index in [2.05, 4.69) is 40.2 Å². The first kappa shape index (κ1) is 10.2. The lowest BCUT2D eigenvalue weighted by atomic mass is 9.96. The predicted octanol–water partition coefficient (Wildman–Crippen LogP) is 2.61. The van der Waals surface area contributed by atoms with Gasteiger partial charge in [0, 0.05) is 29.7 Å². The highest BCUT2D eigenvalue weighted by atomic mass is 15.2. The summed E-state index contributed by atoms with van der Waals surface area (Å²) in [5.41, 5.74) is 4.08. The Hall–Kier alpha value is -1.79. The van der Waals surface area contributed by atoms with Gasteiger partial charge in [-0.05, 0) is 24.5 Å². The minimum absolute atomic E-state index is 0.201. The van der Waals surface area contributed by atoms with Crippen molar-refractivity contribution in [2.24, 2.45) is 5.92 Å². The maximum absolute atomic E-state index is 9.11. The highest BCUT2D eigenvalue weighted by Gasteiger charge is 2.38. The van der Waals surface area contributed by atoms with E-state index in [0.717, 1.165) is 25.9 Å². The van der Waals surface area contributed by atoms with E-state index in [-0.39, 0.29) is 5.92 Å². The lowest BCUT2D eigenvalue weighted by Gasteiger charge is -2.29. The van der Waals surface area contributed by atoms with Crippen LogP contribution in [0.4, 0.5) is 0 Å². The van der Waals surface area contributed by atoms with Crippen molar-refractivity contribution in [3.05, 3.63) is 35.5 Å². The van der Waals surface area contributed by atoms with Gasteiger partial charge in [-0.3, -0.25) is 4.90 Å². The third-order valence-electron chi connectivity index (χ3n) is 4.41. The van der Waals surface area contributed by atoms with Gasteiger partial charge >= 0.3 is 0 Å². The molecule has 0 unspecified atom stereocenters. The Morgan fingerprint density at radius 2 is 2.22 bits per heavy atom. The van der Waals surface area contributed by atoms with Crippen LogP contribution >= 0.6 is 0 Å². The first-order chi connectivity index (χ1) is 8.86. The zero-order valence-corrected chi connectivity index (χ0v) is 10.2. The van der Waals surface area contributed by atoms with Crippen LogP contribution in [0.2, 0.25) is 0 Å². The fourth-order valence-corrected chi connectivity index (χ4v) is 3.57. The number of benzene rings is 1. The number of nitrogens with one attached hydrogen (secondary N) is 1. The van der Waals surface area contributed by atoms with Crippen LogP contribution in [-0.4, -0.2) is 23.0 Å². The van der Waals surface area contributed by atoms with Gasteiger partial charge in [-0.25, -0.2) is 0 Å². The van der Waals surface area contributed by atoms with Crippen LogP contribution in [0.1, 0.15) is 23.7 Å². The van der Waals surface area contributed by atoms with Crippen molar-refractivity contribution in [3.63, 3.8) is 0 Å². The highest BCUT2D eigenvalue weighted by molar-refractivity contribution is 5.85. The first-order valence-corrected chi connectivity index (χ1v) is 6.60. The smallest absolute Gasteiger partial charge is 0.0670 e. The molecule has 0 saturated carbocycles. The molecule has 1 fully saturated rings. The number of nitriles is 1. The van der Waals surface area contributed by atoms with E-state index < -0.39 is 0 Å². The number of H-pyrrole nitrogens is 1. The van der Waals surface area contributed by atoms with Crippen molar-refractivity contribution in [2.45, 2.75) is 18.9 Å². The normalized spacial score (nSPS) is 26.8. The zero-order valence-electron chi connectivity index (χ0n) is 10.2. The molecule has 0 radical (unpaired) electrons. The zero-order chi connectivity index (χ0) is 12.1. The molecule has 2 aromatic rings. The van der Waals surface area contributed by atoms with Gasteiger partial charge in [0.15, 0.2) is 0 Å². The minimum atomic E-state index is 0.201. The molecule has 2 aliphatic heterocycles. The van der Waals surface area contributed by atoms with Crippen LogP contribution in [0.25, 0.3) is 10.9 Å². The highest BCUT2D eigenvalue weighted by Crippen LogP contribution is 2.41. The Morgan fingerprint density at radius 1 is 1.33 bits per heavy atom. The Labute approximate surface area is 106 Å². The molecule has 90 valence electrons. The van der Waals surface area contributed by atoms with Gasteiger partial charge in [-0.15, -0.1) is 0 Å². The number of hydrogen-bond donors (Lipinski definition) is 1. The van der Waals surface area contributed by atoms with Crippen molar-refractivity contribution in [3.8, 4) is 6.07 Å². The van der Waals surface area contributed by atoms with Gasteiger partial charge in [0.2, 0.25) is 0 Å². The van der Waals surface area contributed by atoms with E-state index in [4.69, 9.17) is 5.26 Å². The maximum Gasteiger partial charge on any atom is 0.0670 e. The van der Waals surface area contributed by atoms with E-state index in [1.165, 1.54) is 22.2 Å². The summed E-state index contributed by atoms with van der Waals surface area (Å²) in [7, 11) is 0. The average Bonchev–Trinajstić information content (AvgIpc) is 2.98. The number of rotatable bonds is 0. The Kier molecular flexibility index (Phi) is 2.03. The van der Waals surface area contributed by atoms with Crippen molar-refractivity contribution in [1.82, 2.24) is 9.88 Å². The largest absolute Gasteiger partial charge is 0.357 e. The topological polar surface area (TPSA) is 42.8 Å². The molecule has 0 amide bonds. The molecule has 18 heavy (non-hydrogen) atoms. The standard InChI is InChI=1S/C15H15N3/c16-8-10-7-14-15-12(5-6-18(14)9-10)11-3-1-2-4-13(11)17-15/h1-4,10,14,17H,5-7,9H2/t10-,14-/m1/s1. The molecular formula is C15H15N3. The number of para-hydroxylation sites is 1. The lowest BCUT2D eigenvalue weighted by molar-refractivity contribution is 0.239. The van der Waals surface area contributed by atoms with E-state index in [0.29, 0.717) is 6.04 Å². The fraction of sp³-hybridized carbons (Fsp3) is 0.400. The molecule has 0 aliphatic carbocycles. The van der Waals surface area contributed by atoms with Gasteiger partial charge in [-0.1, -0.05) is 18.2 Å². The number of aromatic nitrogens is 1. The fourth-order valence-electron chi connectivity index (χ4n) is 3.57. The molecule has 0 spiro atoms. The van der Waals surface area contributed by atoms with Gasteiger partial charge in [0.25, 0.3) is 0 Å². The van der Waals surface area contributed by atoms with Crippen LogP contribution < -0.4 is 0 Å². The number of fused-ring (bicyclic) bond motifs is 5. The Bertz CT molecular complexity index is 649. The SMILES string of the molecule is N#C[C@H]1C[C@@H]2c3[nH]c4ccccc4c3CCN2C1. The predicted molar refractivity (Wildman–Crippen MR) is 70.0 cm³/mol. The third kappa shape index (κ3) is 1.27. The number of nitrogens with zero attached hydrogens (tertiary/aromatic N) is 2. The summed E-state index contributed by atoms with van der Waals surface area (Å²) in [5.74, 6) is 0.201. The van der Waals surface area contributed by atoms with E-state index >= 15 is 0 Å². The second-order valence-electron chi connectivity index (χ2n) is 5.39. The van der Waals surface area contributed by atoms with Crippen molar-refractivity contribution >= 4 is 10.9 Å². The minimum Gasteiger partial charge on any atom is -0.357 e. The molecular weight excluding hydrogens is 222 g/mol. The van der Waals surface area contributed by atoms with Crippen LogP contribution in [0, 0.1) is 17.2 Å². The van der Waals surface area contributed by atoms with E-state index in [9.17, 15) is 0 Å². The van der Waals surface area contributed by atoms with Crippen LogP contribution in [0.5, 0.6) is 0 Å². The maximum atomic E-state index is 9.11. The Balaban J connectivity index is 1.86. The summed E-state index contributed by atoms with van der Waals surface area (Å²) >= 11 is 0. The second-order valence-corrected chi connectivity index (χ2v) is 5.39. The molecule has 0 bridgehead atoms. The van der Waals surface area contributed by atoms with E-state index in [1.807, 2.05) is 0 Å². The summed E-state index contributed by atoms with van der Waals surface area (Å²) in [5, 5.41) is 10.5. The van der Waals surface area contributed by atoms with Crippen molar-refractivity contribution in [1.29, 1.82) is 5.26 Å². The molecule has 4 rings (SSSR count).